The second kappa shape index (κ2) is 9.26. The van der Waals surface area contributed by atoms with Crippen LogP contribution in [0.5, 0.6) is 5.75 Å². The quantitative estimate of drug-likeness (QED) is 0.719. The number of hydrogen-bond acceptors (Lipinski definition) is 5. The van der Waals surface area contributed by atoms with Gasteiger partial charge in [0, 0.05) is 31.9 Å². The van der Waals surface area contributed by atoms with Crippen LogP contribution in [0.2, 0.25) is 0 Å². The molecule has 28 heavy (non-hydrogen) atoms. The minimum absolute atomic E-state index is 0.00196. The van der Waals surface area contributed by atoms with Crippen molar-refractivity contribution < 1.29 is 19.1 Å². The van der Waals surface area contributed by atoms with Crippen LogP contribution >= 0.6 is 0 Å². The van der Waals surface area contributed by atoms with Gasteiger partial charge in [0.25, 0.3) is 5.91 Å². The molecule has 0 saturated carbocycles. The number of anilines is 1. The predicted octanol–water partition coefficient (Wildman–Crippen LogP) is 2.90. The molecule has 0 N–H and O–H groups in total. The zero-order chi connectivity index (χ0) is 19.9. The standard InChI is InChI=1S/C22H26N2O4/c1-3-27-22(26)18-6-8-19(9-7-18)23-12-14-24(15-13-23)21(25)16-28-20-10-4-17(2)5-11-20/h4-11H,3,12-16H2,1-2H3. The van der Waals surface area contributed by atoms with E-state index in [1.807, 2.05) is 48.2 Å². The minimum Gasteiger partial charge on any atom is -0.484 e. The van der Waals surface area contributed by atoms with Gasteiger partial charge in [-0.25, -0.2) is 4.79 Å². The summed E-state index contributed by atoms with van der Waals surface area (Å²) in [7, 11) is 0. The van der Waals surface area contributed by atoms with Crippen molar-refractivity contribution in [3.05, 3.63) is 59.7 Å². The first kappa shape index (κ1) is 19.7. The maximum absolute atomic E-state index is 12.4. The first-order chi connectivity index (χ1) is 13.6. The summed E-state index contributed by atoms with van der Waals surface area (Å²) < 4.78 is 10.6. The zero-order valence-electron chi connectivity index (χ0n) is 16.4. The van der Waals surface area contributed by atoms with Gasteiger partial charge in [-0.05, 0) is 50.2 Å². The van der Waals surface area contributed by atoms with Crippen LogP contribution in [0.1, 0.15) is 22.8 Å². The summed E-state index contributed by atoms with van der Waals surface area (Å²) in [5.41, 5.74) is 2.74. The molecule has 0 unspecified atom stereocenters. The van der Waals surface area contributed by atoms with E-state index in [-0.39, 0.29) is 18.5 Å². The van der Waals surface area contributed by atoms with Crippen molar-refractivity contribution in [3.8, 4) is 5.75 Å². The Morgan fingerprint density at radius 3 is 2.18 bits per heavy atom. The van der Waals surface area contributed by atoms with Gasteiger partial charge in [0.05, 0.1) is 12.2 Å². The van der Waals surface area contributed by atoms with Crippen LogP contribution in [0.25, 0.3) is 0 Å². The van der Waals surface area contributed by atoms with E-state index in [2.05, 4.69) is 4.90 Å². The highest BCUT2D eigenvalue weighted by Crippen LogP contribution is 2.18. The Bertz CT molecular complexity index is 794. The zero-order valence-corrected chi connectivity index (χ0v) is 16.4. The van der Waals surface area contributed by atoms with Gasteiger partial charge in [0.15, 0.2) is 6.61 Å². The molecule has 0 radical (unpaired) electrons. The van der Waals surface area contributed by atoms with Crippen LogP contribution in [0.3, 0.4) is 0 Å². The van der Waals surface area contributed by atoms with Crippen LogP contribution in [0.4, 0.5) is 5.69 Å². The van der Waals surface area contributed by atoms with E-state index >= 15 is 0 Å². The van der Waals surface area contributed by atoms with E-state index in [4.69, 9.17) is 9.47 Å². The van der Waals surface area contributed by atoms with Crippen molar-refractivity contribution >= 4 is 17.6 Å². The first-order valence-electron chi connectivity index (χ1n) is 9.56. The van der Waals surface area contributed by atoms with E-state index in [0.717, 1.165) is 24.3 Å². The molecule has 1 fully saturated rings. The molecule has 3 rings (SSSR count). The molecular formula is C22H26N2O4. The van der Waals surface area contributed by atoms with Crippen molar-refractivity contribution in [1.82, 2.24) is 4.90 Å². The van der Waals surface area contributed by atoms with Crippen molar-refractivity contribution in [2.45, 2.75) is 13.8 Å². The third-order valence-electron chi connectivity index (χ3n) is 4.76. The third-order valence-corrected chi connectivity index (χ3v) is 4.76. The smallest absolute Gasteiger partial charge is 0.338 e. The lowest BCUT2D eigenvalue weighted by Crippen LogP contribution is -2.50. The molecule has 1 aliphatic rings. The van der Waals surface area contributed by atoms with Gasteiger partial charge < -0.3 is 19.3 Å². The van der Waals surface area contributed by atoms with E-state index in [9.17, 15) is 9.59 Å². The molecule has 1 aliphatic heterocycles. The van der Waals surface area contributed by atoms with Crippen molar-refractivity contribution in [1.29, 1.82) is 0 Å². The third kappa shape index (κ3) is 5.03. The Kier molecular flexibility index (Phi) is 6.53. The van der Waals surface area contributed by atoms with Crippen molar-refractivity contribution in [2.24, 2.45) is 0 Å². The highest BCUT2D eigenvalue weighted by atomic mass is 16.5. The molecule has 1 saturated heterocycles. The number of esters is 1. The molecule has 0 bridgehead atoms. The second-order valence-corrected chi connectivity index (χ2v) is 6.74. The summed E-state index contributed by atoms with van der Waals surface area (Å²) in [4.78, 5) is 28.2. The van der Waals surface area contributed by atoms with Gasteiger partial charge in [-0.15, -0.1) is 0 Å². The number of rotatable bonds is 6. The second-order valence-electron chi connectivity index (χ2n) is 6.74. The summed E-state index contributed by atoms with van der Waals surface area (Å²) in [6.45, 7) is 7.01. The number of carbonyl (C=O) groups is 2. The number of amides is 1. The molecule has 0 atom stereocenters. The largest absolute Gasteiger partial charge is 0.484 e. The Morgan fingerprint density at radius 1 is 0.929 bits per heavy atom. The maximum Gasteiger partial charge on any atom is 0.338 e. The highest BCUT2D eigenvalue weighted by Gasteiger charge is 2.22. The normalized spacial score (nSPS) is 13.9. The number of benzene rings is 2. The Labute approximate surface area is 165 Å². The Hall–Kier alpha value is -3.02. The molecule has 0 spiro atoms. The SMILES string of the molecule is CCOC(=O)c1ccc(N2CCN(C(=O)COc3ccc(C)cc3)CC2)cc1. The molecule has 0 aliphatic carbocycles. The van der Waals surface area contributed by atoms with E-state index in [1.54, 1.807) is 19.1 Å². The van der Waals surface area contributed by atoms with E-state index in [1.165, 1.54) is 0 Å². The molecule has 1 amide bonds. The molecular weight excluding hydrogens is 356 g/mol. The Morgan fingerprint density at radius 2 is 1.57 bits per heavy atom. The maximum atomic E-state index is 12.4. The number of ether oxygens (including phenoxy) is 2. The van der Waals surface area contributed by atoms with Gasteiger partial charge in [-0.1, -0.05) is 17.7 Å². The fourth-order valence-corrected chi connectivity index (χ4v) is 3.11. The molecule has 148 valence electrons. The van der Waals surface area contributed by atoms with E-state index < -0.39 is 0 Å². The number of carbonyl (C=O) groups excluding carboxylic acids is 2. The van der Waals surface area contributed by atoms with Gasteiger partial charge in [-0.3, -0.25) is 4.79 Å². The van der Waals surface area contributed by atoms with Crippen LogP contribution in [0.15, 0.2) is 48.5 Å². The minimum atomic E-state index is -0.307. The molecule has 2 aromatic rings. The lowest BCUT2D eigenvalue weighted by molar-refractivity contribution is -0.133. The van der Waals surface area contributed by atoms with Gasteiger partial charge in [-0.2, -0.15) is 0 Å². The average Bonchev–Trinajstić information content (AvgIpc) is 2.73. The van der Waals surface area contributed by atoms with Crippen LogP contribution in [-0.4, -0.2) is 56.2 Å². The lowest BCUT2D eigenvalue weighted by atomic mass is 10.2. The number of nitrogens with zero attached hydrogens (tertiary/aromatic N) is 2. The van der Waals surface area contributed by atoms with Crippen molar-refractivity contribution in [2.75, 3.05) is 44.3 Å². The summed E-state index contributed by atoms with van der Waals surface area (Å²) in [6.07, 6.45) is 0. The molecule has 0 aromatic heterocycles. The molecule has 6 nitrogen and oxygen atoms in total. The van der Waals surface area contributed by atoms with Crippen LogP contribution in [-0.2, 0) is 9.53 Å². The van der Waals surface area contributed by atoms with Crippen LogP contribution in [0, 0.1) is 6.92 Å². The number of aryl methyl sites for hydroxylation is 1. The lowest BCUT2D eigenvalue weighted by Gasteiger charge is -2.36. The Balaban J connectivity index is 1.47. The van der Waals surface area contributed by atoms with E-state index in [0.29, 0.717) is 31.0 Å². The van der Waals surface area contributed by atoms with Gasteiger partial charge in [0.2, 0.25) is 0 Å². The van der Waals surface area contributed by atoms with Gasteiger partial charge in [0.1, 0.15) is 5.75 Å². The molecule has 6 heteroatoms. The number of piperazine rings is 1. The topological polar surface area (TPSA) is 59.1 Å². The molecule has 2 aromatic carbocycles. The van der Waals surface area contributed by atoms with Crippen LogP contribution < -0.4 is 9.64 Å². The summed E-state index contributed by atoms with van der Waals surface area (Å²) in [5.74, 6) is 0.398. The molecule has 1 heterocycles. The summed E-state index contributed by atoms with van der Waals surface area (Å²) in [5, 5.41) is 0. The average molecular weight is 382 g/mol. The summed E-state index contributed by atoms with van der Waals surface area (Å²) in [6, 6.07) is 15.1. The highest BCUT2D eigenvalue weighted by molar-refractivity contribution is 5.89. The van der Waals surface area contributed by atoms with Gasteiger partial charge >= 0.3 is 5.97 Å². The summed E-state index contributed by atoms with van der Waals surface area (Å²) >= 11 is 0. The predicted molar refractivity (Wildman–Crippen MR) is 108 cm³/mol. The van der Waals surface area contributed by atoms with Crippen molar-refractivity contribution in [3.63, 3.8) is 0 Å². The number of hydrogen-bond donors (Lipinski definition) is 0. The fraction of sp³-hybridized carbons (Fsp3) is 0.364. The fourth-order valence-electron chi connectivity index (χ4n) is 3.11. The monoisotopic (exact) mass is 382 g/mol. The first-order valence-corrected chi connectivity index (χ1v) is 9.56.